The van der Waals surface area contributed by atoms with Gasteiger partial charge in [0.1, 0.15) is 11.3 Å². The summed E-state index contributed by atoms with van der Waals surface area (Å²) in [7, 11) is 0. The van der Waals surface area contributed by atoms with Crippen LogP contribution in [0.2, 0.25) is 0 Å². The lowest BCUT2D eigenvalue weighted by Crippen LogP contribution is -2.23. The first-order chi connectivity index (χ1) is 9.38. The Bertz CT molecular complexity index is 603. The number of halogens is 3. The molecule has 1 heterocycles. The van der Waals surface area contributed by atoms with Crippen LogP contribution in [0.4, 0.5) is 13.2 Å². The Balaban J connectivity index is 1.98. The minimum absolute atomic E-state index is 0.127. The summed E-state index contributed by atoms with van der Waals surface area (Å²) < 4.78 is 41.9. The molecule has 0 aliphatic heterocycles. The van der Waals surface area contributed by atoms with Crippen molar-refractivity contribution < 1.29 is 22.5 Å². The number of nitrogens with one attached hydrogen (secondary N) is 1. The molecule has 0 spiro atoms. The first kappa shape index (κ1) is 14.1. The van der Waals surface area contributed by atoms with Crippen molar-refractivity contribution in [3.63, 3.8) is 0 Å². The number of aryl methyl sites for hydroxylation is 1. The van der Waals surface area contributed by atoms with Crippen LogP contribution in [0.1, 0.15) is 27.2 Å². The summed E-state index contributed by atoms with van der Waals surface area (Å²) in [4.78, 5) is 11.7. The van der Waals surface area contributed by atoms with Gasteiger partial charge < -0.3 is 9.84 Å². The highest BCUT2D eigenvalue weighted by atomic mass is 19.4. The highest BCUT2D eigenvalue weighted by Gasteiger charge is 2.29. The fourth-order valence-corrected chi connectivity index (χ4v) is 1.61. The lowest BCUT2D eigenvalue weighted by Gasteiger charge is -2.08. The Labute approximate surface area is 112 Å². The van der Waals surface area contributed by atoms with Crippen LogP contribution in [-0.2, 0) is 12.7 Å². The van der Waals surface area contributed by atoms with E-state index in [1.54, 1.807) is 6.92 Å². The SMILES string of the molecule is Cc1oncc1C(=O)NCc1ccc(C(F)(F)F)cc1. The molecule has 0 atom stereocenters. The number of benzene rings is 1. The Morgan fingerprint density at radius 3 is 2.45 bits per heavy atom. The summed E-state index contributed by atoms with van der Waals surface area (Å²) >= 11 is 0. The van der Waals surface area contributed by atoms with E-state index in [-0.39, 0.29) is 12.5 Å². The summed E-state index contributed by atoms with van der Waals surface area (Å²) in [6.07, 6.45) is -3.07. The second-order valence-corrected chi connectivity index (χ2v) is 4.17. The van der Waals surface area contributed by atoms with Gasteiger partial charge in [-0.15, -0.1) is 0 Å². The molecule has 0 bridgehead atoms. The summed E-state index contributed by atoms with van der Waals surface area (Å²) in [5.74, 6) is -0.00133. The number of carbonyl (C=O) groups is 1. The topological polar surface area (TPSA) is 55.1 Å². The van der Waals surface area contributed by atoms with Crippen molar-refractivity contribution in [2.24, 2.45) is 0 Å². The number of carbonyl (C=O) groups excluding carboxylic acids is 1. The molecule has 0 fully saturated rings. The van der Waals surface area contributed by atoms with Gasteiger partial charge in [0.15, 0.2) is 0 Å². The van der Waals surface area contributed by atoms with Crippen molar-refractivity contribution in [1.82, 2.24) is 10.5 Å². The average molecular weight is 284 g/mol. The van der Waals surface area contributed by atoms with Crippen molar-refractivity contribution in [3.8, 4) is 0 Å². The molecule has 2 rings (SSSR count). The number of nitrogens with zero attached hydrogens (tertiary/aromatic N) is 1. The van der Waals surface area contributed by atoms with Gasteiger partial charge in [-0.3, -0.25) is 4.79 Å². The molecule has 0 radical (unpaired) electrons. The van der Waals surface area contributed by atoms with E-state index in [1.807, 2.05) is 0 Å². The van der Waals surface area contributed by atoms with E-state index in [0.29, 0.717) is 16.9 Å². The number of hydrogen-bond donors (Lipinski definition) is 1. The second-order valence-electron chi connectivity index (χ2n) is 4.17. The maximum Gasteiger partial charge on any atom is 0.416 e. The molecule has 106 valence electrons. The van der Waals surface area contributed by atoms with Crippen molar-refractivity contribution in [3.05, 3.63) is 52.9 Å². The van der Waals surface area contributed by atoms with E-state index < -0.39 is 11.7 Å². The average Bonchev–Trinajstić information content (AvgIpc) is 2.82. The molecule has 1 amide bonds. The third-order valence-electron chi connectivity index (χ3n) is 2.73. The lowest BCUT2D eigenvalue weighted by atomic mass is 10.1. The van der Waals surface area contributed by atoms with E-state index >= 15 is 0 Å². The van der Waals surface area contributed by atoms with Gasteiger partial charge >= 0.3 is 6.18 Å². The van der Waals surface area contributed by atoms with Gasteiger partial charge in [0.05, 0.1) is 11.8 Å². The Morgan fingerprint density at radius 2 is 1.95 bits per heavy atom. The third-order valence-corrected chi connectivity index (χ3v) is 2.73. The van der Waals surface area contributed by atoms with Gasteiger partial charge in [-0.1, -0.05) is 17.3 Å². The van der Waals surface area contributed by atoms with Crippen LogP contribution in [0.15, 0.2) is 35.0 Å². The largest absolute Gasteiger partial charge is 0.416 e. The monoisotopic (exact) mass is 284 g/mol. The molecule has 7 heteroatoms. The first-order valence-corrected chi connectivity index (χ1v) is 5.73. The molecule has 20 heavy (non-hydrogen) atoms. The van der Waals surface area contributed by atoms with E-state index in [2.05, 4.69) is 10.5 Å². The normalized spacial score (nSPS) is 11.4. The zero-order valence-electron chi connectivity index (χ0n) is 10.5. The molecular weight excluding hydrogens is 273 g/mol. The van der Waals surface area contributed by atoms with Gasteiger partial charge in [-0.2, -0.15) is 13.2 Å². The molecular formula is C13H11F3N2O2. The molecule has 1 aromatic heterocycles. The fourth-order valence-electron chi connectivity index (χ4n) is 1.61. The van der Waals surface area contributed by atoms with Crippen molar-refractivity contribution >= 4 is 5.91 Å². The van der Waals surface area contributed by atoms with E-state index in [0.717, 1.165) is 12.1 Å². The first-order valence-electron chi connectivity index (χ1n) is 5.73. The molecule has 0 aliphatic carbocycles. The summed E-state index contributed by atoms with van der Waals surface area (Å²) in [6, 6.07) is 4.60. The Kier molecular flexibility index (Phi) is 3.78. The van der Waals surface area contributed by atoms with E-state index in [9.17, 15) is 18.0 Å². The van der Waals surface area contributed by atoms with E-state index in [4.69, 9.17) is 4.52 Å². The van der Waals surface area contributed by atoms with Crippen LogP contribution in [0.3, 0.4) is 0 Å². The predicted octanol–water partition coefficient (Wildman–Crippen LogP) is 2.93. The lowest BCUT2D eigenvalue weighted by molar-refractivity contribution is -0.137. The molecule has 0 saturated carbocycles. The molecule has 1 N–H and O–H groups in total. The number of alkyl halides is 3. The van der Waals surface area contributed by atoms with Crippen LogP contribution in [0, 0.1) is 6.92 Å². The molecule has 4 nitrogen and oxygen atoms in total. The van der Waals surface area contributed by atoms with Gasteiger partial charge in [0.25, 0.3) is 5.91 Å². The van der Waals surface area contributed by atoms with Crippen LogP contribution < -0.4 is 5.32 Å². The predicted molar refractivity (Wildman–Crippen MR) is 63.9 cm³/mol. The van der Waals surface area contributed by atoms with Gasteiger partial charge in [0, 0.05) is 6.54 Å². The number of hydrogen-bond acceptors (Lipinski definition) is 3. The number of aromatic nitrogens is 1. The zero-order chi connectivity index (χ0) is 14.8. The second kappa shape index (κ2) is 5.36. The smallest absolute Gasteiger partial charge is 0.361 e. The quantitative estimate of drug-likeness (QED) is 0.942. The molecule has 0 unspecified atom stereocenters. The highest BCUT2D eigenvalue weighted by Crippen LogP contribution is 2.29. The Morgan fingerprint density at radius 1 is 1.30 bits per heavy atom. The summed E-state index contributed by atoms with van der Waals surface area (Å²) in [6.45, 7) is 1.72. The van der Waals surface area contributed by atoms with Crippen LogP contribution in [-0.4, -0.2) is 11.1 Å². The minimum atomic E-state index is -4.36. The zero-order valence-corrected chi connectivity index (χ0v) is 10.5. The van der Waals surface area contributed by atoms with E-state index in [1.165, 1.54) is 18.3 Å². The summed E-state index contributed by atoms with van der Waals surface area (Å²) in [5.41, 5.74) is 0.153. The van der Waals surface area contributed by atoms with Crippen molar-refractivity contribution in [1.29, 1.82) is 0 Å². The maximum atomic E-state index is 12.4. The van der Waals surface area contributed by atoms with Crippen molar-refractivity contribution in [2.75, 3.05) is 0 Å². The standard InChI is InChI=1S/C13H11F3N2O2/c1-8-11(7-18-20-8)12(19)17-6-9-2-4-10(5-3-9)13(14,15)16/h2-5,7H,6H2,1H3,(H,17,19). The molecule has 0 aliphatic rings. The number of rotatable bonds is 3. The summed E-state index contributed by atoms with van der Waals surface area (Å²) in [5, 5.41) is 6.06. The molecule has 2 aromatic rings. The Hall–Kier alpha value is -2.31. The third kappa shape index (κ3) is 3.17. The minimum Gasteiger partial charge on any atom is -0.361 e. The van der Waals surface area contributed by atoms with Crippen LogP contribution in [0.25, 0.3) is 0 Å². The van der Waals surface area contributed by atoms with Gasteiger partial charge in [-0.05, 0) is 24.6 Å². The number of amides is 1. The van der Waals surface area contributed by atoms with Crippen LogP contribution in [0.5, 0.6) is 0 Å². The van der Waals surface area contributed by atoms with Gasteiger partial charge in [-0.25, -0.2) is 0 Å². The molecule has 1 aromatic carbocycles. The maximum absolute atomic E-state index is 12.4. The van der Waals surface area contributed by atoms with Crippen LogP contribution >= 0.6 is 0 Å². The van der Waals surface area contributed by atoms with Crippen molar-refractivity contribution in [2.45, 2.75) is 19.6 Å². The fraction of sp³-hybridized carbons (Fsp3) is 0.231. The molecule has 0 saturated heterocycles. The van der Waals surface area contributed by atoms with Gasteiger partial charge in [0.2, 0.25) is 0 Å². The highest BCUT2D eigenvalue weighted by molar-refractivity contribution is 5.94.